The number of hydrogen-bond donors (Lipinski definition) is 4. The lowest BCUT2D eigenvalue weighted by molar-refractivity contribution is -0.138. The molecule has 8 nitrogen and oxygen atoms in total. The van der Waals surface area contributed by atoms with E-state index < -0.39 is 18.0 Å². The normalized spacial score (nSPS) is 19.6. The lowest BCUT2D eigenvalue weighted by Crippen LogP contribution is -2.50. The highest BCUT2D eigenvalue weighted by molar-refractivity contribution is 5.93. The Morgan fingerprint density at radius 3 is 2.71 bits per heavy atom. The van der Waals surface area contributed by atoms with Crippen molar-refractivity contribution >= 4 is 17.7 Å². The van der Waals surface area contributed by atoms with Crippen molar-refractivity contribution in [2.45, 2.75) is 37.8 Å². The van der Waals surface area contributed by atoms with Crippen LogP contribution in [0.2, 0.25) is 0 Å². The lowest BCUT2D eigenvalue weighted by Gasteiger charge is -2.25. The first kappa shape index (κ1) is 17.4. The second-order valence-electron chi connectivity index (χ2n) is 5.17. The molecule has 120 valence electrons. The number of unbranched alkanes of at least 4 members (excludes halogenated alkanes) is 1. The lowest BCUT2D eigenvalue weighted by atomic mass is 10.1. The van der Waals surface area contributed by atoms with Gasteiger partial charge in [-0.2, -0.15) is 0 Å². The smallest absolute Gasteiger partial charge is 0.245 e. The van der Waals surface area contributed by atoms with Gasteiger partial charge < -0.3 is 27.0 Å². The summed E-state index contributed by atoms with van der Waals surface area (Å²) in [5, 5.41) is 5.38. The van der Waals surface area contributed by atoms with Crippen LogP contribution in [0.4, 0.5) is 0 Å². The molecule has 0 spiro atoms. The van der Waals surface area contributed by atoms with E-state index in [1.165, 1.54) is 4.90 Å². The molecule has 0 bridgehead atoms. The number of primary amides is 1. The summed E-state index contributed by atoms with van der Waals surface area (Å²) >= 11 is 0. The number of nitrogens with two attached hydrogens (primary N) is 2. The van der Waals surface area contributed by atoms with E-state index in [4.69, 9.17) is 11.5 Å². The molecule has 3 amide bonds. The second kappa shape index (κ2) is 8.58. The number of likely N-dealkylation sites (N-methyl/N-ethyl adjacent to an activating group) is 1. The molecule has 1 saturated heterocycles. The Balaban J connectivity index is 2.60. The summed E-state index contributed by atoms with van der Waals surface area (Å²) in [4.78, 5) is 36.8. The summed E-state index contributed by atoms with van der Waals surface area (Å²) in [5.41, 5.74) is 10.8. The molecular weight excluding hydrogens is 274 g/mol. The van der Waals surface area contributed by atoms with Crippen LogP contribution in [0.3, 0.4) is 0 Å². The third-order valence-corrected chi connectivity index (χ3v) is 3.55. The van der Waals surface area contributed by atoms with Crippen molar-refractivity contribution < 1.29 is 14.4 Å². The number of carbonyl (C=O) groups is 3. The Bertz CT molecular complexity index is 388. The number of hydrogen-bond acceptors (Lipinski definition) is 5. The summed E-state index contributed by atoms with van der Waals surface area (Å²) in [6.45, 7) is 1.13. The molecule has 0 aromatic heterocycles. The van der Waals surface area contributed by atoms with Gasteiger partial charge in [0, 0.05) is 6.54 Å². The molecule has 0 saturated carbocycles. The van der Waals surface area contributed by atoms with E-state index in [1.807, 2.05) is 0 Å². The maximum Gasteiger partial charge on any atom is 0.245 e. The molecule has 1 aliphatic rings. The monoisotopic (exact) mass is 299 g/mol. The van der Waals surface area contributed by atoms with E-state index in [2.05, 4.69) is 10.6 Å². The largest absolute Gasteiger partial charge is 0.368 e. The van der Waals surface area contributed by atoms with Crippen LogP contribution in [0.1, 0.15) is 25.7 Å². The van der Waals surface area contributed by atoms with E-state index in [9.17, 15) is 14.4 Å². The third kappa shape index (κ3) is 4.98. The molecule has 0 aromatic rings. The molecule has 1 fully saturated rings. The Hall–Kier alpha value is -1.67. The average molecular weight is 299 g/mol. The zero-order valence-corrected chi connectivity index (χ0v) is 12.4. The fourth-order valence-electron chi connectivity index (χ4n) is 2.48. The molecule has 2 atom stereocenters. The quantitative estimate of drug-likeness (QED) is 0.362. The minimum absolute atomic E-state index is 0.152. The van der Waals surface area contributed by atoms with E-state index in [0.29, 0.717) is 25.9 Å². The van der Waals surface area contributed by atoms with Gasteiger partial charge in [-0.05, 0) is 39.3 Å². The predicted molar refractivity (Wildman–Crippen MR) is 78.1 cm³/mol. The molecule has 8 heteroatoms. The first-order chi connectivity index (χ1) is 10.0. The number of nitrogens with one attached hydrogen (secondary N) is 2. The fraction of sp³-hybridized carbons (Fsp3) is 0.769. The highest BCUT2D eigenvalue weighted by Crippen LogP contribution is 2.18. The molecule has 1 heterocycles. The van der Waals surface area contributed by atoms with Gasteiger partial charge in [-0.1, -0.05) is 0 Å². The van der Waals surface area contributed by atoms with Gasteiger partial charge in [0.1, 0.15) is 12.1 Å². The first-order valence-corrected chi connectivity index (χ1v) is 7.25. The Morgan fingerprint density at radius 1 is 1.43 bits per heavy atom. The predicted octanol–water partition coefficient (Wildman–Crippen LogP) is -2.09. The Morgan fingerprint density at radius 2 is 2.14 bits per heavy atom. The van der Waals surface area contributed by atoms with Gasteiger partial charge in [0.2, 0.25) is 17.7 Å². The molecular formula is C13H25N5O3. The van der Waals surface area contributed by atoms with Crippen LogP contribution >= 0.6 is 0 Å². The van der Waals surface area contributed by atoms with Crippen LogP contribution in [0, 0.1) is 0 Å². The van der Waals surface area contributed by atoms with Crippen molar-refractivity contribution in [2.75, 3.05) is 26.7 Å². The van der Waals surface area contributed by atoms with Gasteiger partial charge in [0.15, 0.2) is 0 Å². The number of likely N-dealkylation sites (tertiary alicyclic amines) is 1. The molecule has 0 radical (unpaired) electrons. The third-order valence-electron chi connectivity index (χ3n) is 3.55. The van der Waals surface area contributed by atoms with Crippen molar-refractivity contribution in [3.63, 3.8) is 0 Å². The van der Waals surface area contributed by atoms with Crippen molar-refractivity contribution in [3.8, 4) is 0 Å². The summed E-state index contributed by atoms with van der Waals surface area (Å²) in [7, 11) is 1.66. The topological polar surface area (TPSA) is 131 Å². The zero-order chi connectivity index (χ0) is 15.8. The van der Waals surface area contributed by atoms with Crippen LogP contribution in [-0.4, -0.2) is 61.4 Å². The first-order valence-electron chi connectivity index (χ1n) is 7.25. The highest BCUT2D eigenvalue weighted by atomic mass is 16.2. The van der Waals surface area contributed by atoms with Crippen molar-refractivity contribution in [2.24, 2.45) is 11.5 Å². The summed E-state index contributed by atoms with van der Waals surface area (Å²) < 4.78 is 0. The van der Waals surface area contributed by atoms with Gasteiger partial charge in [-0.25, -0.2) is 0 Å². The summed E-state index contributed by atoms with van der Waals surface area (Å²) in [5.74, 6) is -0.991. The molecule has 1 aliphatic heterocycles. The standard InChI is InChI=1S/C13H25N5O3/c1-16-8-11(19)17-9-5-7-18(13(9)21)10(12(15)20)4-2-3-6-14/h9-10,16H,2-8,14H2,1H3,(H2,15,20)(H,17,19). The van der Waals surface area contributed by atoms with Crippen molar-refractivity contribution in [1.82, 2.24) is 15.5 Å². The number of amides is 3. The Labute approximate surface area is 124 Å². The van der Waals surface area contributed by atoms with Gasteiger partial charge in [0.25, 0.3) is 0 Å². The number of rotatable bonds is 9. The van der Waals surface area contributed by atoms with Crippen molar-refractivity contribution in [1.29, 1.82) is 0 Å². The average Bonchev–Trinajstić information content (AvgIpc) is 2.76. The van der Waals surface area contributed by atoms with Crippen LogP contribution in [-0.2, 0) is 14.4 Å². The van der Waals surface area contributed by atoms with Gasteiger partial charge in [0.05, 0.1) is 6.54 Å². The summed E-state index contributed by atoms with van der Waals surface area (Å²) in [6, 6.07) is -1.18. The van der Waals surface area contributed by atoms with E-state index in [0.717, 1.165) is 12.8 Å². The van der Waals surface area contributed by atoms with Gasteiger partial charge >= 0.3 is 0 Å². The van der Waals surface area contributed by atoms with Crippen LogP contribution < -0.4 is 22.1 Å². The van der Waals surface area contributed by atoms with E-state index >= 15 is 0 Å². The number of carbonyl (C=O) groups excluding carboxylic acids is 3. The maximum absolute atomic E-state index is 12.3. The van der Waals surface area contributed by atoms with Crippen molar-refractivity contribution in [3.05, 3.63) is 0 Å². The van der Waals surface area contributed by atoms with Crippen LogP contribution in [0.15, 0.2) is 0 Å². The molecule has 21 heavy (non-hydrogen) atoms. The SMILES string of the molecule is CNCC(=O)NC1CCN(C(CCCCN)C(N)=O)C1=O. The van der Waals surface area contributed by atoms with Crippen LogP contribution in [0.25, 0.3) is 0 Å². The second-order valence-corrected chi connectivity index (χ2v) is 5.17. The van der Waals surface area contributed by atoms with E-state index in [1.54, 1.807) is 7.05 Å². The molecule has 0 aliphatic carbocycles. The molecule has 6 N–H and O–H groups in total. The van der Waals surface area contributed by atoms with Gasteiger partial charge in [-0.15, -0.1) is 0 Å². The summed E-state index contributed by atoms with van der Waals surface area (Å²) in [6.07, 6.45) is 2.53. The molecule has 2 unspecified atom stereocenters. The highest BCUT2D eigenvalue weighted by Gasteiger charge is 2.38. The number of nitrogens with zero attached hydrogens (tertiary/aromatic N) is 1. The Kier molecular flexibility index (Phi) is 7.10. The van der Waals surface area contributed by atoms with Gasteiger partial charge in [-0.3, -0.25) is 14.4 Å². The minimum Gasteiger partial charge on any atom is -0.368 e. The fourth-order valence-corrected chi connectivity index (χ4v) is 2.48. The molecule has 1 rings (SSSR count). The minimum atomic E-state index is -0.616. The van der Waals surface area contributed by atoms with E-state index in [-0.39, 0.29) is 18.4 Å². The van der Waals surface area contributed by atoms with Crippen LogP contribution in [0.5, 0.6) is 0 Å². The maximum atomic E-state index is 12.3. The zero-order valence-electron chi connectivity index (χ0n) is 12.4. The molecule has 0 aromatic carbocycles.